The lowest BCUT2D eigenvalue weighted by Crippen LogP contribution is -2.45. The highest BCUT2D eigenvalue weighted by Crippen LogP contribution is 2.16. The van der Waals surface area contributed by atoms with E-state index in [-0.39, 0.29) is 0 Å². The second-order valence-electron chi connectivity index (χ2n) is 3.78. The Kier molecular flexibility index (Phi) is 3.24. The summed E-state index contributed by atoms with van der Waals surface area (Å²) in [6.07, 6.45) is 2.78. The predicted molar refractivity (Wildman–Crippen MR) is 63.6 cm³/mol. The van der Waals surface area contributed by atoms with Crippen molar-refractivity contribution in [3.8, 4) is 0 Å². The maximum atomic E-state index is 10.6. The Morgan fingerprint density at radius 3 is 2.56 bits per heavy atom. The number of nitrogens with zero attached hydrogens (tertiary/aromatic N) is 3. The number of nitrogens with one attached hydrogen (secondary N) is 1. The van der Waals surface area contributed by atoms with Gasteiger partial charge >= 0.3 is 0 Å². The summed E-state index contributed by atoms with van der Waals surface area (Å²) < 4.78 is 0. The number of amides is 1. The maximum absolute atomic E-state index is 10.6. The van der Waals surface area contributed by atoms with Crippen LogP contribution in [0.4, 0.5) is 11.5 Å². The fourth-order valence-corrected chi connectivity index (χ4v) is 1.81. The first-order valence-electron chi connectivity index (χ1n) is 5.41. The SMILES string of the molecule is CNc1ccc(N2CCN(C=O)CC2)cn1. The normalized spacial score (nSPS) is 16.1. The van der Waals surface area contributed by atoms with Crippen LogP contribution in [0.2, 0.25) is 0 Å². The average molecular weight is 220 g/mol. The largest absolute Gasteiger partial charge is 0.373 e. The molecule has 0 radical (unpaired) electrons. The summed E-state index contributed by atoms with van der Waals surface area (Å²) in [7, 11) is 1.85. The third-order valence-electron chi connectivity index (χ3n) is 2.83. The van der Waals surface area contributed by atoms with Gasteiger partial charge in [-0.25, -0.2) is 4.98 Å². The van der Waals surface area contributed by atoms with Crippen molar-refractivity contribution in [3.05, 3.63) is 18.3 Å². The number of carbonyl (C=O) groups excluding carboxylic acids is 1. The quantitative estimate of drug-likeness (QED) is 0.749. The molecule has 0 aromatic carbocycles. The van der Waals surface area contributed by atoms with Gasteiger partial charge in [0.05, 0.1) is 11.9 Å². The molecule has 0 aliphatic carbocycles. The number of hydrogen-bond acceptors (Lipinski definition) is 4. The summed E-state index contributed by atoms with van der Waals surface area (Å²) in [5, 5.41) is 2.99. The van der Waals surface area contributed by atoms with Crippen LogP contribution in [0.15, 0.2) is 18.3 Å². The summed E-state index contributed by atoms with van der Waals surface area (Å²) in [6.45, 7) is 3.33. The Morgan fingerprint density at radius 2 is 2.06 bits per heavy atom. The fourth-order valence-electron chi connectivity index (χ4n) is 1.81. The van der Waals surface area contributed by atoms with Gasteiger partial charge in [-0.15, -0.1) is 0 Å². The highest BCUT2D eigenvalue weighted by molar-refractivity contribution is 5.52. The topological polar surface area (TPSA) is 48.5 Å². The number of piperazine rings is 1. The molecule has 1 aliphatic heterocycles. The lowest BCUT2D eigenvalue weighted by molar-refractivity contribution is -0.118. The molecule has 5 heteroatoms. The zero-order valence-electron chi connectivity index (χ0n) is 9.39. The second kappa shape index (κ2) is 4.83. The lowest BCUT2D eigenvalue weighted by Gasteiger charge is -2.33. The molecule has 1 aromatic heterocycles. The van der Waals surface area contributed by atoms with E-state index in [0.29, 0.717) is 0 Å². The molecule has 16 heavy (non-hydrogen) atoms. The van der Waals surface area contributed by atoms with Crippen molar-refractivity contribution in [2.75, 3.05) is 43.4 Å². The molecule has 0 spiro atoms. The molecule has 5 nitrogen and oxygen atoms in total. The zero-order valence-corrected chi connectivity index (χ0v) is 9.39. The standard InChI is InChI=1S/C11H16N4O/c1-12-11-3-2-10(8-13-11)15-6-4-14(9-16)5-7-15/h2-3,8-9H,4-7H2,1H3,(H,12,13). The Bertz CT molecular complexity index is 344. The molecule has 0 bridgehead atoms. The van der Waals surface area contributed by atoms with Crippen LogP contribution >= 0.6 is 0 Å². The lowest BCUT2D eigenvalue weighted by atomic mass is 10.3. The van der Waals surface area contributed by atoms with Crippen LogP contribution in [0.1, 0.15) is 0 Å². The summed E-state index contributed by atoms with van der Waals surface area (Å²) in [5.74, 6) is 0.871. The van der Waals surface area contributed by atoms with E-state index in [4.69, 9.17) is 0 Å². The van der Waals surface area contributed by atoms with E-state index >= 15 is 0 Å². The molecule has 2 rings (SSSR count). The van der Waals surface area contributed by atoms with E-state index in [0.717, 1.165) is 44.1 Å². The number of hydrogen-bond donors (Lipinski definition) is 1. The first-order chi connectivity index (χ1) is 7.83. The van der Waals surface area contributed by atoms with Gasteiger partial charge in [0.1, 0.15) is 5.82 Å². The van der Waals surface area contributed by atoms with Gasteiger partial charge in [-0.1, -0.05) is 0 Å². The Balaban J connectivity index is 1.99. The van der Waals surface area contributed by atoms with Gasteiger partial charge in [0, 0.05) is 33.2 Å². The van der Waals surface area contributed by atoms with Gasteiger partial charge < -0.3 is 15.1 Å². The first kappa shape index (κ1) is 10.7. The Hall–Kier alpha value is -1.78. The summed E-state index contributed by atoms with van der Waals surface area (Å²) in [6, 6.07) is 4.01. The molecule has 1 fully saturated rings. The van der Waals surface area contributed by atoms with E-state index in [2.05, 4.69) is 21.3 Å². The summed E-state index contributed by atoms with van der Waals surface area (Å²) in [5.41, 5.74) is 1.12. The van der Waals surface area contributed by atoms with Crippen LogP contribution in [0, 0.1) is 0 Å². The van der Waals surface area contributed by atoms with E-state index in [1.54, 1.807) is 4.90 Å². The Morgan fingerprint density at radius 1 is 1.31 bits per heavy atom. The van der Waals surface area contributed by atoms with Gasteiger partial charge in [0.25, 0.3) is 0 Å². The van der Waals surface area contributed by atoms with E-state index in [1.165, 1.54) is 0 Å². The molecule has 0 atom stereocenters. The number of carbonyl (C=O) groups is 1. The molecule has 0 saturated carbocycles. The van der Waals surface area contributed by atoms with Crippen LogP contribution in [0.5, 0.6) is 0 Å². The number of pyridine rings is 1. The second-order valence-corrected chi connectivity index (χ2v) is 3.78. The van der Waals surface area contributed by atoms with E-state index in [9.17, 15) is 4.79 Å². The van der Waals surface area contributed by atoms with Crippen LogP contribution < -0.4 is 10.2 Å². The Labute approximate surface area is 95.1 Å². The number of anilines is 2. The van der Waals surface area contributed by atoms with Crippen LogP contribution in [0.25, 0.3) is 0 Å². The highest BCUT2D eigenvalue weighted by Gasteiger charge is 2.15. The van der Waals surface area contributed by atoms with Crippen molar-refractivity contribution in [2.24, 2.45) is 0 Å². The molecule has 1 amide bonds. The smallest absolute Gasteiger partial charge is 0.209 e. The third-order valence-corrected chi connectivity index (χ3v) is 2.83. The fraction of sp³-hybridized carbons (Fsp3) is 0.455. The van der Waals surface area contributed by atoms with Gasteiger partial charge in [-0.2, -0.15) is 0 Å². The predicted octanol–water partition coefficient (Wildman–Crippen LogP) is 0.402. The summed E-state index contributed by atoms with van der Waals surface area (Å²) in [4.78, 5) is 18.9. The molecule has 1 saturated heterocycles. The van der Waals surface area contributed by atoms with Crippen molar-refractivity contribution in [1.82, 2.24) is 9.88 Å². The van der Waals surface area contributed by atoms with Gasteiger partial charge in [-0.05, 0) is 12.1 Å². The van der Waals surface area contributed by atoms with Crippen LogP contribution in [-0.2, 0) is 4.79 Å². The molecule has 1 aliphatic rings. The molecule has 0 unspecified atom stereocenters. The molecular formula is C11H16N4O. The zero-order chi connectivity index (χ0) is 11.4. The monoisotopic (exact) mass is 220 g/mol. The first-order valence-corrected chi connectivity index (χ1v) is 5.41. The van der Waals surface area contributed by atoms with Crippen LogP contribution in [-0.4, -0.2) is 49.5 Å². The van der Waals surface area contributed by atoms with E-state index in [1.807, 2.05) is 19.3 Å². The van der Waals surface area contributed by atoms with Crippen molar-refractivity contribution < 1.29 is 4.79 Å². The number of aromatic nitrogens is 1. The van der Waals surface area contributed by atoms with Gasteiger partial charge in [-0.3, -0.25) is 4.79 Å². The van der Waals surface area contributed by atoms with Crippen molar-refractivity contribution >= 4 is 17.9 Å². The van der Waals surface area contributed by atoms with Gasteiger partial charge in [0.2, 0.25) is 6.41 Å². The highest BCUT2D eigenvalue weighted by atomic mass is 16.1. The molecule has 2 heterocycles. The molecule has 1 aromatic rings. The number of rotatable bonds is 3. The molecular weight excluding hydrogens is 204 g/mol. The third kappa shape index (κ3) is 2.24. The van der Waals surface area contributed by atoms with Crippen LogP contribution in [0.3, 0.4) is 0 Å². The maximum Gasteiger partial charge on any atom is 0.209 e. The van der Waals surface area contributed by atoms with Crippen molar-refractivity contribution in [3.63, 3.8) is 0 Å². The average Bonchev–Trinajstić information content (AvgIpc) is 2.39. The molecule has 86 valence electrons. The van der Waals surface area contributed by atoms with Crippen molar-refractivity contribution in [2.45, 2.75) is 0 Å². The van der Waals surface area contributed by atoms with Gasteiger partial charge in [0.15, 0.2) is 0 Å². The van der Waals surface area contributed by atoms with E-state index < -0.39 is 0 Å². The summed E-state index contributed by atoms with van der Waals surface area (Å²) >= 11 is 0. The minimum atomic E-state index is 0.789. The minimum absolute atomic E-state index is 0.789. The van der Waals surface area contributed by atoms with Crippen molar-refractivity contribution in [1.29, 1.82) is 0 Å². The molecule has 1 N–H and O–H groups in total. The minimum Gasteiger partial charge on any atom is -0.373 e.